The molecule has 0 atom stereocenters. The van der Waals surface area contributed by atoms with Crippen LogP contribution in [0.25, 0.3) is 0 Å². The maximum atomic E-state index is 12.9. The summed E-state index contributed by atoms with van der Waals surface area (Å²) in [5.41, 5.74) is 2.24. The van der Waals surface area contributed by atoms with Gasteiger partial charge in [0.1, 0.15) is 0 Å². The maximum Gasteiger partial charge on any atom is 0.337 e. The van der Waals surface area contributed by atoms with Crippen LogP contribution in [0.5, 0.6) is 0 Å². The monoisotopic (exact) mass is 420 g/mol. The summed E-state index contributed by atoms with van der Waals surface area (Å²) in [5, 5.41) is 2.80. The quantitative estimate of drug-likeness (QED) is 0.592. The van der Waals surface area contributed by atoms with E-state index in [-0.39, 0.29) is 30.3 Å². The van der Waals surface area contributed by atoms with Gasteiger partial charge in [0.15, 0.2) is 0 Å². The van der Waals surface area contributed by atoms with Crippen LogP contribution in [0.15, 0.2) is 42.5 Å². The van der Waals surface area contributed by atoms with E-state index in [1.54, 1.807) is 36.4 Å². The highest BCUT2D eigenvalue weighted by atomic mass is 16.5. The molecule has 1 aliphatic heterocycles. The fourth-order valence-corrected chi connectivity index (χ4v) is 4.23. The van der Waals surface area contributed by atoms with Crippen molar-refractivity contribution >= 4 is 23.7 Å². The number of fused-ring (bicyclic) bond motifs is 1. The van der Waals surface area contributed by atoms with E-state index < -0.39 is 5.97 Å². The Morgan fingerprint density at radius 2 is 1.58 bits per heavy atom. The Morgan fingerprint density at radius 3 is 2.26 bits per heavy atom. The van der Waals surface area contributed by atoms with Crippen molar-refractivity contribution in [3.05, 3.63) is 70.3 Å². The third-order valence-corrected chi connectivity index (χ3v) is 5.95. The SMILES string of the molecule is COC(=O)c1ccc(CNC(=O)c2ccc3c(c2)C(=O)N(C2CCCCC2)C3=O)cc1. The molecule has 0 unspecified atom stereocenters. The highest BCUT2D eigenvalue weighted by Gasteiger charge is 2.40. The Morgan fingerprint density at radius 1 is 0.935 bits per heavy atom. The highest BCUT2D eigenvalue weighted by molar-refractivity contribution is 6.22. The molecular weight excluding hydrogens is 396 g/mol. The van der Waals surface area contributed by atoms with Crippen molar-refractivity contribution in [3.8, 4) is 0 Å². The van der Waals surface area contributed by atoms with Crippen LogP contribution in [0.3, 0.4) is 0 Å². The number of carbonyl (C=O) groups excluding carboxylic acids is 4. The number of nitrogens with one attached hydrogen (secondary N) is 1. The Labute approximate surface area is 180 Å². The lowest BCUT2D eigenvalue weighted by Gasteiger charge is -2.29. The highest BCUT2D eigenvalue weighted by Crippen LogP contribution is 2.31. The van der Waals surface area contributed by atoms with E-state index in [0.29, 0.717) is 22.3 Å². The first-order valence-corrected chi connectivity index (χ1v) is 10.5. The fraction of sp³-hybridized carbons (Fsp3) is 0.333. The smallest absolute Gasteiger partial charge is 0.337 e. The van der Waals surface area contributed by atoms with E-state index >= 15 is 0 Å². The van der Waals surface area contributed by atoms with Gasteiger partial charge in [0.25, 0.3) is 17.7 Å². The molecule has 160 valence electrons. The molecule has 1 heterocycles. The van der Waals surface area contributed by atoms with Gasteiger partial charge in [-0.3, -0.25) is 19.3 Å². The molecule has 2 aromatic carbocycles. The molecule has 2 aromatic rings. The molecule has 1 fully saturated rings. The number of esters is 1. The molecule has 0 bridgehead atoms. The molecule has 0 aromatic heterocycles. The van der Waals surface area contributed by atoms with Crippen LogP contribution in [-0.2, 0) is 11.3 Å². The third-order valence-electron chi connectivity index (χ3n) is 5.95. The molecular formula is C24H24N2O5. The Kier molecular flexibility index (Phi) is 5.84. The molecule has 1 saturated carbocycles. The lowest BCUT2D eigenvalue weighted by atomic mass is 9.94. The summed E-state index contributed by atoms with van der Waals surface area (Å²) in [6.07, 6.45) is 4.86. The average Bonchev–Trinajstić information content (AvgIpc) is 3.07. The lowest BCUT2D eigenvalue weighted by molar-refractivity contribution is 0.0546. The van der Waals surface area contributed by atoms with Gasteiger partial charge in [-0.05, 0) is 48.7 Å². The van der Waals surface area contributed by atoms with Gasteiger partial charge in [-0.2, -0.15) is 0 Å². The summed E-state index contributed by atoms with van der Waals surface area (Å²) in [7, 11) is 1.32. The normalized spacial score (nSPS) is 16.2. The zero-order valence-corrected chi connectivity index (χ0v) is 17.3. The molecule has 1 aliphatic carbocycles. The van der Waals surface area contributed by atoms with E-state index in [1.165, 1.54) is 18.1 Å². The Hall–Kier alpha value is -3.48. The second kappa shape index (κ2) is 8.71. The van der Waals surface area contributed by atoms with Gasteiger partial charge in [0, 0.05) is 18.2 Å². The molecule has 0 spiro atoms. The molecule has 7 nitrogen and oxygen atoms in total. The van der Waals surface area contributed by atoms with E-state index in [2.05, 4.69) is 10.1 Å². The van der Waals surface area contributed by atoms with Crippen LogP contribution in [0, 0.1) is 0 Å². The van der Waals surface area contributed by atoms with Gasteiger partial charge in [-0.25, -0.2) is 4.79 Å². The number of ether oxygens (including phenoxy) is 1. The molecule has 7 heteroatoms. The predicted octanol–water partition coefficient (Wildman–Crippen LogP) is 3.33. The van der Waals surface area contributed by atoms with Crippen molar-refractivity contribution in [1.29, 1.82) is 0 Å². The van der Waals surface area contributed by atoms with Crippen molar-refractivity contribution in [2.24, 2.45) is 0 Å². The molecule has 2 aliphatic rings. The summed E-state index contributed by atoms with van der Waals surface area (Å²) in [4.78, 5) is 51.2. The largest absolute Gasteiger partial charge is 0.465 e. The summed E-state index contributed by atoms with van der Waals surface area (Å²) in [6.45, 7) is 0.262. The van der Waals surface area contributed by atoms with Crippen molar-refractivity contribution in [3.63, 3.8) is 0 Å². The molecule has 4 rings (SSSR count). The van der Waals surface area contributed by atoms with Gasteiger partial charge in [-0.15, -0.1) is 0 Å². The summed E-state index contributed by atoms with van der Waals surface area (Å²) in [6, 6.07) is 11.3. The first-order chi connectivity index (χ1) is 15.0. The van der Waals surface area contributed by atoms with E-state index in [9.17, 15) is 19.2 Å². The second-order valence-corrected chi connectivity index (χ2v) is 7.90. The van der Waals surface area contributed by atoms with Crippen LogP contribution in [0.2, 0.25) is 0 Å². The van der Waals surface area contributed by atoms with E-state index in [0.717, 1.165) is 37.7 Å². The van der Waals surface area contributed by atoms with Crippen LogP contribution in [0.4, 0.5) is 0 Å². The number of hydrogen-bond acceptors (Lipinski definition) is 5. The number of rotatable bonds is 5. The van der Waals surface area contributed by atoms with Gasteiger partial charge in [-0.1, -0.05) is 31.4 Å². The zero-order valence-electron chi connectivity index (χ0n) is 17.3. The minimum absolute atomic E-state index is 0.0496. The van der Waals surface area contributed by atoms with E-state index in [1.807, 2.05) is 0 Å². The number of imide groups is 1. The molecule has 3 amide bonds. The average molecular weight is 420 g/mol. The van der Waals surface area contributed by atoms with Gasteiger partial charge in [0.05, 0.1) is 23.8 Å². The minimum Gasteiger partial charge on any atom is -0.465 e. The van der Waals surface area contributed by atoms with Gasteiger partial charge in [0.2, 0.25) is 0 Å². The Balaban J connectivity index is 1.44. The number of hydrogen-bond donors (Lipinski definition) is 1. The first kappa shape index (κ1) is 20.8. The summed E-state index contributed by atoms with van der Waals surface area (Å²) in [5.74, 6) is -1.32. The molecule has 0 saturated heterocycles. The molecule has 0 radical (unpaired) electrons. The fourth-order valence-electron chi connectivity index (χ4n) is 4.23. The number of carbonyl (C=O) groups is 4. The Bertz CT molecular complexity index is 1040. The number of nitrogens with zero attached hydrogens (tertiary/aromatic N) is 1. The molecule has 31 heavy (non-hydrogen) atoms. The summed E-state index contributed by atoms with van der Waals surface area (Å²) < 4.78 is 4.67. The van der Waals surface area contributed by atoms with Crippen molar-refractivity contribution < 1.29 is 23.9 Å². The number of amides is 3. The maximum absolute atomic E-state index is 12.9. The van der Waals surface area contributed by atoms with Crippen LogP contribution in [0.1, 0.15) is 79.1 Å². The minimum atomic E-state index is -0.421. The summed E-state index contributed by atoms with van der Waals surface area (Å²) >= 11 is 0. The standard InChI is InChI=1S/C24H24N2O5/c1-31-24(30)16-9-7-15(8-10-16)14-25-21(27)17-11-12-19-20(13-17)23(29)26(22(19)28)18-5-3-2-4-6-18/h7-13,18H,2-6,14H2,1H3,(H,25,27). The van der Waals surface area contributed by atoms with Crippen molar-refractivity contribution in [2.45, 2.75) is 44.7 Å². The van der Waals surface area contributed by atoms with Gasteiger partial charge >= 0.3 is 5.97 Å². The molecule has 1 N–H and O–H groups in total. The lowest BCUT2D eigenvalue weighted by Crippen LogP contribution is -2.40. The predicted molar refractivity (Wildman–Crippen MR) is 113 cm³/mol. The third kappa shape index (κ3) is 4.08. The first-order valence-electron chi connectivity index (χ1n) is 10.5. The van der Waals surface area contributed by atoms with E-state index in [4.69, 9.17) is 0 Å². The van der Waals surface area contributed by atoms with Crippen molar-refractivity contribution in [1.82, 2.24) is 10.2 Å². The van der Waals surface area contributed by atoms with Gasteiger partial charge < -0.3 is 10.1 Å². The number of methoxy groups -OCH3 is 1. The van der Waals surface area contributed by atoms with Crippen LogP contribution < -0.4 is 5.32 Å². The van der Waals surface area contributed by atoms with Crippen molar-refractivity contribution in [2.75, 3.05) is 7.11 Å². The number of benzene rings is 2. The van der Waals surface area contributed by atoms with Crippen LogP contribution in [-0.4, -0.2) is 41.7 Å². The van der Waals surface area contributed by atoms with Crippen LogP contribution >= 0.6 is 0 Å². The second-order valence-electron chi connectivity index (χ2n) is 7.90. The topological polar surface area (TPSA) is 92.8 Å². The zero-order chi connectivity index (χ0) is 22.0.